The summed E-state index contributed by atoms with van der Waals surface area (Å²) in [6, 6.07) is 0. The summed E-state index contributed by atoms with van der Waals surface area (Å²) in [5, 5.41) is 6.85. The predicted molar refractivity (Wildman–Crippen MR) is 78.9 cm³/mol. The maximum atomic E-state index is 11.7. The van der Waals surface area contributed by atoms with Gasteiger partial charge in [-0.1, -0.05) is 0 Å². The maximum absolute atomic E-state index is 11.7. The van der Waals surface area contributed by atoms with Gasteiger partial charge in [-0.25, -0.2) is 0 Å². The Balaban J connectivity index is 2.80. The van der Waals surface area contributed by atoms with Gasteiger partial charge in [-0.05, 0) is 12.7 Å². The van der Waals surface area contributed by atoms with E-state index in [4.69, 9.17) is 10.5 Å². The highest BCUT2D eigenvalue weighted by molar-refractivity contribution is 7.99. The summed E-state index contributed by atoms with van der Waals surface area (Å²) in [6.07, 6.45) is 2.86. The van der Waals surface area contributed by atoms with Crippen LogP contribution in [0.1, 0.15) is 16.1 Å². The molecule has 0 atom stereocenters. The van der Waals surface area contributed by atoms with Crippen molar-refractivity contribution in [3.8, 4) is 0 Å². The van der Waals surface area contributed by atoms with Crippen molar-refractivity contribution in [3.63, 3.8) is 0 Å². The summed E-state index contributed by atoms with van der Waals surface area (Å²) in [5.41, 5.74) is 6.54. The van der Waals surface area contributed by atoms with Crippen LogP contribution in [0.15, 0.2) is 4.90 Å². The molecule has 0 radical (unpaired) electrons. The predicted octanol–water partition coefficient (Wildman–Crippen LogP) is 1.86. The van der Waals surface area contributed by atoms with Crippen molar-refractivity contribution in [3.05, 3.63) is 4.88 Å². The van der Waals surface area contributed by atoms with Gasteiger partial charge in [0.25, 0.3) is 5.91 Å². The van der Waals surface area contributed by atoms with Crippen molar-refractivity contribution < 1.29 is 9.53 Å². The number of nitrogen functional groups attached to an aromatic ring is 1. The monoisotopic (exact) mass is 289 g/mol. The van der Waals surface area contributed by atoms with Crippen LogP contribution in [0, 0.1) is 0 Å². The molecule has 0 bridgehead atoms. The van der Waals surface area contributed by atoms with Crippen LogP contribution in [0.4, 0.5) is 10.7 Å². The molecule has 102 valence electrons. The summed E-state index contributed by atoms with van der Waals surface area (Å²) < 4.78 is 4.99. The van der Waals surface area contributed by atoms with Gasteiger partial charge in [-0.3, -0.25) is 4.79 Å². The van der Waals surface area contributed by atoms with Gasteiger partial charge in [0.15, 0.2) is 0 Å². The fraction of sp³-hybridized carbons (Fsp3) is 0.545. The minimum Gasteiger partial charge on any atom is -0.396 e. The highest BCUT2D eigenvalue weighted by atomic mass is 32.2. The number of thiophene rings is 1. The average Bonchev–Trinajstić information content (AvgIpc) is 2.70. The summed E-state index contributed by atoms with van der Waals surface area (Å²) in [7, 11) is 3.28. The Morgan fingerprint density at radius 3 is 2.83 bits per heavy atom. The zero-order valence-electron chi connectivity index (χ0n) is 10.8. The number of rotatable bonds is 7. The van der Waals surface area contributed by atoms with Gasteiger partial charge >= 0.3 is 0 Å². The molecule has 1 heterocycles. The summed E-state index contributed by atoms with van der Waals surface area (Å²) in [6.45, 7) is 1.51. The van der Waals surface area contributed by atoms with E-state index in [1.165, 1.54) is 11.3 Å². The van der Waals surface area contributed by atoms with Gasteiger partial charge in [0.1, 0.15) is 9.88 Å². The molecule has 0 aliphatic heterocycles. The third-order valence-electron chi connectivity index (χ3n) is 2.35. The first-order chi connectivity index (χ1) is 8.65. The third kappa shape index (κ3) is 3.54. The van der Waals surface area contributed by atoms with Crippen LogP contribution >= 0.6 is 23.1 Å². The first-order valence-electron chi connectivity index (χ1n) is 5.56. The van der Waals surface area contributed by atoms with Crippen LogP contribution in [0.2, 0.25) is 0 Å². The second-order valence-electron chi connectivity index (χ2n) is 3.56. The lowest BCUT2D eigenvalue weighted by molar-refractivity contribution is 0.0968. The van der Waals surface area contributed by atoms with Gasteiger partial charge < -0.3 is 21.1 Å². The van der Waals surface area contributed by atoms with Crippen LogP contribution in [0.25, 0.3) is 0 Å². The Morgan fingerprint density at radius 2 is 2.28 bits per heavy atom. The SMILES string of the molecule is CNC(=O)c1sc(NCCCOC)c(SC)c1N. The van der Waals surface area contributed by atoms with Gasteiger partial charge in [-0.2, -0.15) is 0 Å². The van der Waals surface area contributed by atoms with Crippen molar-refractivity contribution >= 4 is 39.7 Å². The number of ether oxygens (including phenoxy) is 1. The fourth-order valence-electron chi connectivity index (χ4n) is 1.45. The molecule has 5 nitrogen and oxygen atoms in total. The number of carbonyl (C=O) groups is 1. The Bertz CT molecular complexity index is 407. The number of hydrogen-bond donors (Lipinski definition) is 3. The van der Waals surface area contributed by atoms with Gasteiger partial charge in [-0.15, -0.1) is 23.1 Å². The minimum atomic E-state index is -0.141. The molecular formula is C11H19N3O2S2. The number of carbonyl (C=O) groups excluding carboxylic acids is 1. The largest absolute Gasteiger partial charge is 0.396 e. The van der Waals surface area contributed by atoms with E-state index in [9.17, 15) is 4.79 Å². The maximum Gasteiger partial charge on any atom is 0.263 e. The molecule has 1 aromatic heterocycles. The number of amides is 1. The third-order valence-corrected chi connectivity index (χ3v) is 4.47. The highest BCUT2D eigenvalue weighted by Gasteiger charge is 2.19. The second-order valence-corrected chi connectivity index (χ2v) is 5.40. The van der Waals surface area contributed by atoms with E-state index >= 15 is 0 Å². The lowest BCUT2D eigenvalue weighted by atomic mass is 10.3. The Labute approximate surface area is 115 Å². The van der Waals surface area contributed by atoms with Crippen molar-refractivity contribution in [2.75, 3.05) is 44.6 Å². The second kappa shape index (κ2) is 7.50. The molecule has 7 heteroatoms. The number of nitrogens with two attached hydrogens (primary N) is 1. The normalized spacial score (nSPS) is 10.4. The smallest absolute Gasteiger partial charge is 0.263 e. The molecule has 1 rings (SSSR count). The summed E-state index contributed by atoms with van der Waals surface area (Å²) >= 11 is 2.94. The Hall–Kier alpha value is -0.920. The summed E-state index contributed by atoms with van der Waals surface area (Å²) in [4.78, 5) is 13.2. The number of methoxy groups -OCH3 is 1. The van der Waals surface area contributed by atoms with Crippen molar-refractivity contribution in [1.29, 1.82) is 0 Å². The van der Waals surface area contributed by atoms with E-state index in [1.54, 1.807) is 25.9 Å². The van der Waals surface area contributed by atoms with Crippen LogP contribution < -0.4 is 16.4 Å². The quantitative estimate of drug-likeness (QED) is 0.527. The lowest BCUT2D eigenvalue weighted by Gasteiger charge is -2.05. The van der Waals surface area contributed by atoms with E-state index in [2.05, 4.69) is 10.6 Å². The number of nitrogens with one attached hydrogen (secondary N) is 2. The minimum absolute atomic E-state index is 0.141. The van der Waals surface area contributed by atoms with E-state index in [-0.39, 0.29) is 5.91 Å². The first kappa shape index (κ1) is 15.1. The van der Waals surface area contributed by atoms with Gasteiger partial charge in [0, 0.05) is 27.3 Å². The zero-order valence-corrected chi connectivity index (χ0v) is 12.5. The molecule has 4 N–H and O–H groups in total. The topological polar surface area (TPSA) is 76.4 Å². The highest BCUT2D eigenvalue weighted by Crippen LogP contribution is 2.41. The average molecular weight is 289 g/mol. The molecule has 1 aromatic rings. The van der Waals surface area contributed by atoms with Gasteiger partial charge in [0.2, 0.25) is 0 Å². The van der Waals surface area contributed by atoms with E-state index in [1.807, 2.05) is 6.26 Å². The standard InChI is InChI=1S/C11H19N3O2S2/c1-13-10(15)8-7(12)9(17-3)11(18-8)14-5-4-6-16-2/h14H,4-6,12H2,1-3H3,(H,13,15). The first-order valence-corrected chi connectivity index (χ1v) is 7.61. The molecule has 0 spiro atoms. The molecule has 1 amide bonds. The number of hydrogen-bond acceptors (Lipinski definition) is 6. The molecule has 0 saturated heterocycles. The van der Waals surface area contributed by atoms with Crippen LogP contribution in [-0.4, -0.2) is 39.5 Å². The van der Waals surface area contributed by atoms with Crippen molar-refractivity contribution in [2.24, 2.45) is 0 Å². The Morgan fingerprint density at radius 1 is 1.56 bits per heavy atom. The molecule has 0 saturated carbocycles. The van der Waals surface area contributed by atoms with Crippen LogP contribution in [-0.2, 0) is 4.74 Å². The molecule has 0 aliphatic rings. The van der Waals surface area contributed by atoms with E-state index in [0.29, 0.717) is 17.2 Å². The lowest BCUT2D eigenvalue weighted by Crippen LogP contribution is -2.17. The molecule has 0 aliphatic carbocycles. The number of anilines is 2. The van der Waals surface area contributed by atoms with Crippen LogP contribution in [0.3, 0.4) is 0 Å². The molecule has 0 aromatic carbocycles. The summed E-state index contributed by atoms with van der Waals surface area (Å²) in [5.74, 6) is -0.141. The molecule has 0 unspecified atom stereocenters. The van der Waals surface area contributed by atoms with Gasteiger partial charge in [0.05, 0.1) is 10.6 Å². The molecular weight excluding hydrogens is 270 g/mol. The zero-order chi connectivity index (χ0) is 13.5. The fourth-order valence-corrected chi connectivity index (χ4v) is 3.46. The van der Waals surface area contributed by atoms with E-state index in [0.717, 1.165) is 22.9 Å². The van der Waals surface area contributed by atoms with Crippen molar-refractivity contribution in [1.82, 2.24) is 5.32 Å². The molecule has 0 fully saturated rings. The van der Waals surface area contributed by atoms with Crippen molar-refractivity contribution in [2.45, 2.75) is 11.3 Å². The van der Waals surface area contributed by atoms with Crippen LogP contribution in [0.5, 0.6) is 0 Å². The van der Waals surface area contributed by atoms with E-state index < -0.39 is 0 Å². The Kier molecular flexibility index (Phi) is 6.31. The number of thioether (sulfide) groups is 1. The molecule has 18 heavy (non-hydrogen) atoms.